The quantitative estimate of drug-likeness (QED) is 0.617. The Morgan fingerprint density at radius 3 is 2.28 bits per heavy atom. The molecule has 0 heterocycles. The molecule has 0 atom stereocenters. The minimum atomic E-state index is -3.78. The lowest BCUT2D eigenvalue weighted by molar-refractivity contribution is -0.121. The number of nitrogens with zero attached hydrogens (tertiary/aromatic N) is 1. The Balaban J connectivity index is 1.74. The smallest absolute Gasteiger partial charge is 0.243 e. The van der Waals surface area contributed by atoms with Crippen molar-refractivity contribution in [3.05, 3.63) is 53.6 Å². The molecular formula is C24H32N2O5S. The molecule has 32 heavy (non-hydrogen) atoms. The van der Waals surface area contributed by atoms with Crippen molar-refractivity contribution in [2.24, 2.45) is 0 Å². The van der Waals surface area contributed by atoms with E-state index in [0.717, 1.165) is 43.2 Å². The van der Waals surface area contributed by atoms with E-state index >= 15 is 0 Å². The van der Waals surface area contributed by atoms with Crippen molar-refractivity contribution < 1.29 is 22.7 Å². The molecule has 1 fully saturated rings. The zero-order chi connectivity index (χ0) is 23.1. The number of carbonyl (C=O) groups excluding carboxylic acids is 1. The number of amides is 1. The molecule has 1 aliphatic rings. The third-order valence-electron chi connectivity index (χ3n) is 5.85. The number of ether oxygens (including phenoxy) is 2. The van der Waals surface area contributed by atoms with Gasteiger partial charge in [-0.3, -0.25) is 4.79 Å². The number of benzene rings is 2. The average molecular weight is 461 g/mol. The molecule has 0 unspecified atom stereocenters. The molecule has 1 aliphatic carbocycles. The first-order chi connectivity index (χ1) is 15.3. The fraction of sp³-hybridized carbons (Fsp3) is 0.458. The van der Waals surface area contributed by atoms with Crippen LogP contribution < -0.4 is 14.8 Å². The second kappa shape index (κ2) is 10.8. The highest BCUT2D eigenvalue weighted by Gasteiger charge is 2.33. The van der Waals surface area contributed by atoms with E-state index in [9.17, 15) is 13.2 Å². The number of methoxy groups -OCH3 is 2. The van der Waals surface area contributed by atoms with Crippen LogP contribution in [0.4, 0.5) is 0 Å². The maximum atomic E-state index is 13.4. The van der Waals surface area contributed by atoms with Crippen molar-refractivity contribution in [2.45, 2.75) is 56.5 Å². The summed E-state index contributed by atoms with van der Waals surface area (Å²) < 4.78 is 38.8. The third kappa shape index (κ3) is 5.81. The first-order valence-corrected chi connectivity index (χ1v) is 12.3. The van der Waals surface area contributed by atoms with E-state index in [1.807, 2.05) is 13.0 Å². The van der Waals surface area contributed by atoms with Crippen molar-refractivity contribution in [3.63, 3.8) is 0 Å². The lowest BCUT2D eigenvalue weighted by atomic mass is 9.95. The average Bonchev–Trinajstić information content (AvgIpc) is 2.81. The zero-order valence-electron chi connectivity index (χ0n) is 19.0. The standard InChI is InChI=1S/C24H32N2O5S/c1-18-9-12-21(13-10-18)32(28,29)26(20-7-5-4-6-8-20)17-24(27)25-16-19-11-14-22(30-2)23(15-19)31-3/h9-15,20H,4-8,16-17H2,1-3H3,(H,25,27). The predicted octanol–water partition coefficient (Wildman–Crippen LogP) is 3.65. The van der Waals surface area contributed by atoms with Crippen LogP contribution in [-0.4, -0.2) is 45.4 Å². The Labute approximate surface area is 190 Å². The number of rotatable bonds is 9. The number of aryl methyl sites for hydroxylation is 1. The topological polar surface area (TPSA) is 84.9 Å². The summed E-state index contributed by atoms with van der Waals surface area (Å²) in [5, 5.41) is 2.85. The number of sulfonamides is 1. The maximum Gasteiger partial charge on any atom is 0.243 e. The molecule has 174 valence electrons. The summed E-state index contributed by atoms with van der Waals surface area (Å²) in [6.45, 7) is 1.98. The lowest BCUT2D eigenvalue weighted by Gasteiger charge is -2.33. The van der Waals surface area contributed by atoms with Gasteiger partial charge < -0.3 is 14.8 Å². The minimum absolute atomic E-state index is 0.165. The highest BCUT2D eigenvalue weighted by molar-refractivity contribution is 7.89. The fourth-order valence-corrected chi connectivity index (χ4v) is 5.66. The van der Waals surface area contributed by atoms with Crippen LogP contribution in [0.15, 0.2) is 47.4 Å². The van der Waals surface area contributed by atoms with Crippen LogP contribution in [0.1, 0.15) is 43.2 Å². The van der Waals surface area contributed by atoms with Crippen molar-refractivity contribution in [1.29, 1.82) is 0 Å². The molecule has 1 amide bonds. The van der Waals surface area contributed by atoms with Crippen LogP contribution in [0.5, 0.6) is 11.5 Å². The molecule has 8 heteroatoms. The maximum absolute atomic E-state index is 13.4. The Kier molecular flexibility index (Phi) is 8.15. The lowest BCUT2D eigenvalue weighted by Crippen LogP contribution is -2.46. The van der Waals surface area contributed by atoms with Gasteiger partial charge >= 0.3 is 0 Å². The number of hydrogen-bond acceptors (Lipinski definition) is 5. The molecule has 0 aliphatic heterocycles. The summed E-state index contributed by atoms with van der Waals surface area (Å²) in [4.78, 5) is 13.0. The summed E-state index contributed by atoms with van der Waals surface area (Å²) in [6, 6.07) is 12.0. The van der Waals surface area contributed by atoms with Gasteiger partial charge in [-0.25, -0.2) is 8.42 Å². The van der Waals surface area contributed by atoms with Crippen LogP contribution in [0.3, 0.4) is 0 Å². The van der Waals surface area contributed by atoms with E-state index in [1.165, 1.54) is 4.31 Å². The molecule has 0 spiro atoms. The summed E-state index contributed by atoms with van der Waals surface area (Å²) in [5.41, 5.74) is 1.82. The van der Waals surface area contributed by atoms with Gasteiger partial charge in [-0.2, -0.15) is 4.31 Å². The molecular weight excluding hydrogens is 428 g/mol. The van der Waals surface area contributed by atoms with E-state index in [4.69, 9.17) is 9.47 Å². The van der Waals surface area contributed by atoms with Crippen LogP contribution in [-0.2, 0) is 21.4 Å². The number of hydrogen-bond donors (Lipinski definition) is 1. The fourth-order valence-electron chi connectivity index (χ4n) is 4.01. The Bertz CT molecular complexity index is 1020. The molecule has 0 aromatic heterocycles. The van der Waals surface area contributed by atoms with Gasteiger partial charge in [0.15, 0.2) is 11.5 Å². The Morgan fingerprint density at radius 2 is 1.66 bits per heavy atom. The zero-order valence-corrected chi connectivity index (χ0v) is 19.8. The van der Waals surface area contributed by atoms with Gasteiger partial charge in [-0.05, 0) is 49.6 Å². The largest absolute Gasteiger partial charge is 0.493 e. The summed E-state index contributed by atoms with van der Waals surface area (Å²) in [7, 11) is -0.662. The highest BCUT2D eigenvalue weighted by atomic mass is 32.2. The first kappa shape index (κ1) is 24.1. The van der Waals surface area contributed by atoms with E-state index in [1.54, 1.807) is 50.6 Å². The molecule has 1 N–H and O–H groups in total. The van der Waals surface area contributed by atoms with Gasteiger partial charge in [0, 0.05) is 12.6 Å². The molecule has 0 radical (unpaired) electrons. The second-order valence-electron chi connectivity index (χ2n) is 8.12. The van der Waals surface area contributed by atoms with Crippen LogP contribution in [0.25, 0.3) is 0 Å². The summed E-state index contributed by atoms with van der Waals surface area (Å²) in [5.74, 6) is 0.848. The highest BCUT2D eigenvalue weighted by Crippen LogP contribution is 2.29. The van der Waals surface area contributed by atoms with Gasteiger partial charge in [0.2, 0.25) is 15.9 Å². The minimum Gasteiger partial charge on any atom is -0.493 e. The number of nitrogens with one attached hydrogen (secondary N) is 1. The van der Waals surface area contributed by atoms with Gasteiger partial charge in [0.05, 0.1) is 25.7 Å². The normalized spacial score (nSPS) is 14.9. The van der Waals surface area contributed by atoms with Crippen LogP contribution >= 0.6 is 0 Å². The monoisotopic (exact) mass is 460 g/mol. The molecule has 0 bridgehead atoms. The first-order valence-electron chi connectivity index (χ1n) is 10.9. The van der Waals surface area contributed by atoms with E-state index in [2.05, 4.69) is 5.32 Å². The SMILES string of the molecule is COc1ccc(CNC(=O)CN(C2CCCCC2)S(=O)(=O)c2ccc(C)cc2)cc1OC. The van der Waals surface area contributed by atoms with Gasteiger partial charge in [0.1, 0.15) is 0 Å². The molecule has 3 rings (SSSR count). The molecule has 7 nitrogen and oxygen atoms in total. The van der Waals surface area contributed by atoms with Crippen molar-refractivity contribution >= 4 is 15.9 Å². The second-order valence-corrected chi connectivity index (χ2v) is 10.0. The van der Waals surface area contributed by atoms with E-state index in [0.29, 0.717) is 11.5 Å². The van der Waals surface area contributed by atoms with Crippen LogP contribution in [0, 0.1) is 6.92 Å². The van der Waals surface area contributed by atoms with Gasteiger partial charge in [-0.1, -0.05) is 43.0 Å². The molecule has 1 saturated carbocycles. The summed E-state index contributed by atoms with van der Waals surface area (Å²) >= 11 is 0. The van der Waals surface area contributed by atoms with E-state index < -0.39 is 10.0 Å². The Morgan fingerprint density at radius 1 is 1.00 bits per heavy atom. The van der Waals surface area contributed by atoms with Crippen LogP contribution in [0.2, 0.25) is 0 Å². The summed E-state index contributed by atoms with van der Waals surface area (Å²) in [6.07, 6.45) is 4.58. The van der Waals surface area contributed by atoms with E-state index in [-0.39, 0.29) is 29.9 Å². The van der Waals surface area contributed by atoms with Crippen molar-refractivity contribution in [3.8, 4) is 11.5 Å². The predicted molar refractivity (Wildman–Crippen MR) is 123 cm³/mol. The molecule has 2 aromatic rings. The molecule has 2 aromatic carbocycles. The van der Waals surface area contributed by atoms with Crippen molar-refractivity contribution in [2.75, 3.05) is 20.8 Å². The third-order valence-corrected chi connectivity index (χ3v) is 7.76. The van der Waals surface area contributed by atoms with Gasteiger partial charge in [0.25, 0.3) is 0 Å². The van der Waals surface area contributed by atoms with Gasteiger partial charge in [-0.15, -0.1) is 0 Å². The Hall–Kier alpha value is -2.58. The number of carbonyl (C=O) groups is 1. The molecule has 0 saturated heterocycles. The van der Waals surface area contributed by atoms with Crippen molar-refractivity contribution in [1.82, 2.24) is 9.62 Å².